The highest BCUT2D eigenvalue weighted by Crippen LogP contribution is 2.35. The third-order valence-corrected chi connectivity index (χ3v) is 4.33. The van der Waals surface area contributed by atoms with E-state index in [1.807, 2.05) is 0 Å². The van der Waals surface area contributed by atoms with Crippen LogP contribution in [0.2, 0.25) is 10.0 Å². The first-order valence-corrected chi connectivity index (χ1v) is 8.21. The zero-order valence-corrected chi connectivity index (χ0v) is 15.6. The summed E-state index contributed by atoms with van der Waals surface area (Å²) in [6, 6.07) is 8.47. The lowest BCUT2D eigenvalue weighted by atomic mass is 10.2. The average Bonchev–Trinajstić information content (AvgIpc) is 2.53. The molecule has 0 aromatic heterocycles. The summed E-state index contributed by atoms with van der Waals surface area (Å²) in [6.45, 7) is 0.225. The minimum Gasteiger partial charge on any atom is -0.493 e. The third kappa shape index (κ3) is 4.87. The summed E-state index contributed by atoms with van der Waals surface area (Å²) in [7, 11) is 1.49. The van der Waals surface area contributed by atoms with Crippen LogP contribution < -0.4 is 9.47 Å². The Bertz CT molecular complexity index is 796. The van der Waals surface area contributed by atoms with Gasteiger partial charge in [-0.1, -0.05) is 45.2 Å². The summed E-state index contributed by atoms with van der Waals surface area (Å²) in [5, 5.41) is 11.5. The molecule has 0 fully saturated rings. The van der Waals surface area contributed by atoms with Gasteiger partial charge in [0.1, 0.15) is 6.61 Å². The molecule has 0 radical (unpaired) electrons. The van der Waals surface area contributed by atoms with Crippen LogP contribution in [0.4, 0.5) is 0 Å². The molecular weight excluding hydrogens is 421 g/mol. The van der Waals surface area contributed by atoms with E-state index >= 15 is 0 Å². The van der Waals surface area contributed by atoms with Gasteiger partial charge in [0.15, 0.2) is 11.5 Å². The molecule has 0 bridgehead atoms. The van der Waals surface area contributed by atoms with Gasteiger partial charge in [-0.05, 0) is 29.8 Å². The molecule has 2 aromatic carbocycles. The van der Waals surface area contributed by atoms with Crippen molar-refractivity contribution in [1.29, 1.82) is 0 Å². The maximum atomic E-state index is 10.4. The van der Waals surface area contributed by atoms with E-state index in [-0.39, 0.29) is 6.61 Å². The number of halogens is 3. The Kier molecular flexibility index (Phi) is 6.48. The van der Waals surface area contributed by atoms with Crippen molar-refractivity contribution in [1.82, 2.24) is 0 Å². The van der Waals surface area contributed by atoms with Crippen LogP contribution in [0.25, 0.3) is 6.08 Å². The quantitative estimate of drug-likeness (QED) is 0.440. The number of nitrogens with zero attached hydrogens (tertiary/aromatic N) is 1. The first-order valence-electron chi connectivity index (χ1n) is 6.66. The van der Waals surface area contributed by atoms with Gasteiger partial charge in [0, 0.05) is 26.2 Å². The van der Waals surface area contributed by atoms with Crippen molar-refractivity contribution in [2.24, 2.45) is 0 Å². The largest absolute Gasteiger partial charge is 0.493 e. The number of methoxy groups -OCH3 is 1. The predicted molar refractivity (Wildman–Crippen MR) is 97.5 cm³/mol. The molecule has 2 rings (SSSR count). The molecule has 8 heteroatoms. The fraction of sp³-hybridized carbons (Fsp3) is 0.125. The van der Waals surface area contributed by atoms with Crippen molar-refractivity contribution in [3.05, 3.63) is 72.3 Å². The summed E-state index contributed by atoms with van der Waals surface area (Å²) < 4.78 is 11.7. The second kappa shape index (κ2) is 8.37. The van der Waals surface area contributed by atoms with Crippen molar-refractivity contribution in [3.8, 4) is 11.5 Å². The minimum atomic E-state index is -0.536. The SMILES string of the molecule is COc1cc(/C=C/[N+](=O)[O-])c(Br)cc1OCc1ccc(Cl)cc1Cl. The second-order valence-corrected chi connectivity index (χ2v) is 6.35. The first-order chi connectivity index (χ1) is 11.4. The molecule has 5 nitrogen and oxygen atoms in total. The lowest BCUT2D eigenvalue weighted by Gasteiger charge is -2.13. The number of benzene rings is 2. The Labute approximate surface area is 157 Å². The second-order valence-electron chi connectivity index (χ2n) is 4.65. The van der Waals surface area contributed by atoms with Crippen molar-refractivity contribution < 1.29 is 14.4 Å². The smallest absolute Gasteiger partial charge is 0.235 e. The van der Waals surface area contributed by atoms with Crippen LogP contribution in [0.15, 0.2) is 41.0 Å². The van der Waals surface area contributed by atoms with Crippen molar-refractivity contribution in [3.63, 3.8) is 0 Å². The molecule has 0 aliphatic heterocycles. The summed E-state index contributed by atoms with van der Waals surface area (Å²) in [5.74, 6) is 0.930. The first kappa shape index (κ1) is 18.6. The van der Waals surface area contributed by atoms with Gasteiger partial charge in [0.05, 0.1) is 12.0 Å². The molecule has 2 aromatic rings. The zero-order chi connectivity index (χ0) is 17.7. The van der Waals surface area contributed by atoms with Gasteiger partial charge in [0.2, 0.25) is 6.20 Å². The van der Waals surface area contributed by atoms with Crippen LogP contribution in [0.5, 0.6) is 11.5 Å². The molecule has 0 saturated carbocycles. The van der Waals surface area contributed by atoms with Crippen molar-refractivity contribution in [2.45, 2.75) is 6.61 Å². The summed E-state index contributed by atoms with van der Waals surface area (Å²) in [6.07, 6.45) is 2.22. The highest BCUT2D eigenvalue weighted by Gasteiger charge is 2.11. The Morgan fingerprint density at radius 1 is 1.25 bits per heavy atom. The van der Waals surface area contributed by atoms with Crippen molar-refractivity contribution in [2.75, 3.05) is 7.11 Å². The average molecular weight is 433 g/mol. The van der Waals surface area contributed by atoms with E-state index in [9.17, 15) is 10.1 Å². The van der Waals surface area contributed by atoms with E-state index in [1.165, 1.54) is 13.2 Å². The van der Waals surface area contributed by atoms with Gasteiger partial charge in [-0.2, -0.15) is 0 Å². The normalized spacial score (nSPS) is 10.8. The minimum absolute atomic E-state index is 0.225. The van der Waals surface area contributed by atoms with Gasteiger partial charge < -0.3 is 9.47 Å². The standard InChI is InChI=1S/C16H12BrCl2NO4/c1-23-15-6-10(4-5-20(21)22)13(17)8-16(15)24-9-11-2-3-12(18)7-14(11)19/h2-8H,9H2,1H3/b5-4+. The van der Waals surface area contributed by atoms with Crippen LogP contribution in [0.1, 0.15) is 11.1 Å². The molecule has 0 spiro atoms. The zero-order valence-electron chi connectivity index (χ0n) is 12.5. The van der Waals surface area contributed by atoms with E-state index in [4.69, 9.17) is 32.7 Å². The summed E-state index contributed by atoms with van der Waals surface area (Å²) >= 11 is 15.3. The topological polar surface area (TPSA) is 61.6 Å². The number of hydrogen-bond acceptors (Lipinski definition) is 4. The summed E-state index contributed by atoms with van der Waals surface area (Å²) in [4.78, 5) is 9.91. The molecule has 0 N–H and O–H groups in total. The molecule has 0 unspecified atom stereocenters. The van der Waals surface area contributed by atoms with Gasteiger partial charge in [-0.15, -0.1) is 0 Å². The Hall–Kier alpha value is -1.76. The molecule has 24 heavy (non-hydrogen) atoms. The fourth-order valence-corrected chi connectivity index (χ4v) is 2.80. The van der Waals surface area contributed by atoms with Crippen LogP contribution in [0, 0.1) is 10.1 Å². The lowest BCUT2D eigenvalue weighted by Crippen LogP contribution is -1.99. The predicted octanol–water partition coefficient (Wildman–Crippen LogP) is 5.59. The molecule has 0 aliphatic rings. The van der Waals surface area contributed by atoms with E-state index < -0.39 is 4.92 Å². The number of rotatable bonds is 6. The van der Waals surface area contributed by atoms with Gasteiger partial charge in [-0.25, -0.2) is 0 Å². The van der Waals surface area contributed by atoms with Gasteiger partial charge in [-0.3, -0.25) is 10.1 Å². The number of hydrogen-bond donors (Lipinski definition) is 0. The molecule has 126 valence electrons. The molecule has 0 atom stereocenters. The maximum absolute atomic E-state index is 10.4. The van der Waals surface area contributed by atoms with Crippen LogP contribution in [-0.4, -0.2) is 12.0 Å². The van der Waals surface area contributed by atoms with E-state index in [2.05, 4.69) is 15.9 Å². The molecule has 0 heterocycles. The highest BCUT2D eigenvalue weighted by atomic mass is 79.9. The van der Waals surface area contributed by atoms with Crippen molar-refractivity contribution >= 4 is 45.2 Å². The monoisotopic (exact) mass is 431 g/mol. The Balaban J connectivity index is 2.23. The molecule has 0 aliphatic carbocycles. The lowest BCUT2D eigenvalue weighted by molar-refractivity contribution is -0.400. The van der Waals surface area contributed by atoms with Gasteiger partial charge in [0.25, 0.3) is 0 Å². The van der Waals surface area contributed by atoms with E-state index in [0.29, 0.717) is 31.6 Å². The van der Waals surface area contributed by atoms with Gasteiger partial charge >= 0.3 is 0 Å². The molecule has 0 amide bonds. The van der Waals surface area contributed by atoms with Crippen LogP contribution in [-0.2, 0) is 6.61 Å². The molecule has 0 saturated heterocycles. The van der Waals surface area contributed by atoms with Crippen LogP contribution in [0.3, 0.4) is 0 Å². The highest BCUT2D eigenvalue weighted by molar-refractivity contribution is 9.10. The number of nitro groups is 1. The van der Waals surface area contributed by atoms with Crippen LogP contribution >= 0.6 is 39.1 Å². The Morgan fingerprint density at radius 2 is 2.00 bits per heavy atom. The van der Waals surface area contributed by atoms with E-state index in [1.54, 1.807) is 30.3 Å². The van der Waals surface area contributed by atoms with E-state index in [0.717, 1.165) is 11.8 Å². The Morgan fingerprint density at radius 3 is 2.62 bits per heavy atom. The third-order valence-electron chi connectivity index (χ3n) is 3.06. The molecular formula is C16H12BrCl2NO4. The summed E-state index contributed by atoms with van der Waals surface area (Å²) in [5.41, 5.74) is 1.37. The number of ether oxygens (including phenoxy) is 2. The maximum Gasteiger partial charge on any atom is 0.235 e. The fourth-order valence-electron chi connectivity index (χ4n) is 1.89.